The predicted octanol–water partition coefficient (Wildman–Crippen LogP) is 3.26. The molecule has 4 nitrogen and oxygen atoms in total. The average molecular weight is 359 g/mol. The van der Waals surface area contributed by atoms with Crippen LogP contribution in [-0.2, 0) is 21.9 Å². The van der Waals surface area contributed by atoms with E-state index in [0.717, 1.165) is 0 Å². The number of carbonyl (C=O) groups excluding carboxylic acids is 1. The van der Waals surface area contributed by atoms with Crippen molar-refractivity contribution in [3.05, 3.63) is 29.3 Å². The van der Waals surface area contributed by atoms with Crippen LogP contribution in [0.25, 0.3) is 0 Å². The van der Waals surface area contributed by atoms with Crippen molar-refractivity contribution in [1.29, 1.82) is 0 Å². The van der Waals surface area contributed by atoms with Crippen molar-refractivity contribution in [3.8, 4) is 5.75 Å². The number of hydrogen-bond donors (Lipinski definition) is 1. The third-order valence-corrected chi connectivity index (χ3v) is 2.78. The number of methoxy groups -OCH3 is 1. The summed E-state index contributed by atoms with van der Waals surface area (Å²) in [5, 5.41) is 2.39. The molecule has 0 radical (unpaired) electrons. The summed E-state index contributed by atoms with van der Waals surface area (Å²) in [5.41, 5.74) is -3.01. The summed E-state index contributed by atoms with van der Waals surface area (Å²) < 4.78 is 85.5. The van der Waals surface area contributed by atoms with E-state index in [2.05, 4.69) is 5.32 Å². The fourth-order valence-electron chi connectivity index (χ4n) is 1.65. The number of hydrogen-bond acceptors (Lipinski definition) is 3. The van der Waals surface area contributed by atoms with E-state index in [-0.39, 0.29) is 12.6 Å². The zero-order valence-corrected chi connectivity index (χ0v) is 12.6. The van der Waals surface area contributed by atoms with Gasteiger partial charge in [0, 0.05) is 20.3 Å². The molecule has 10 heteroatoms. The SMILES string of the molecule is COCCCNC(=O)COc1cc(C(F)(F)F)cc(C(F)(F)F)c1. The van der Waals surface area contributed by atoms with E-state index < -0.39 is 41.7 Å². The highest BCUT2D eigenvalue weighted by Crippen LogP contribution is 2.38. The summed E-state index contributed by atoms with van der Waals surface area (Å²) in [4.78, 5) is 11.4. The molecule has 0 heterocycles. The van der Waals surface area contributed by atoms with E-state index in [9.17, 15) is 31.1 Å². The van der Waals surface area contributed by atoms with E-state index in [0.29, 0.717) is 25.2 Å². The van der Waals surface area contributed by atoms with Crippen LogP contribution in [0.5, 0.6) is 5.75 Å². The topological polar surface area (TPSA) is 47.6 Å². The van der Waals surface area contributed by atoms with Crippen LogP contribution in [0.2, 0.25) is 0 Å². The second-order valence-corrected chi connectivity index (χ2v) is 4.73. The van der Waals surface area contributed by atoms with Crippen molar-refractivity contribution >= 4 is 5.91 Å². The third-order valence-electron chi connectivity index (χ3n) is 2.78. The Morgan fingerprint density at radius 3 is 2.04 bits per heavy atom. The standard InChI is InChI=1S/C14H15F6NO3/c1-23-4-2-3-21-12(22)8-24-11-6-9(13(15,16)17)5-10(7-11)14(18,19)20/h5-7H,2-4,8H2,1H3,(H,21,22). The van der Waals surface area contributed by atoms with Gasteiger partial charge >= 0.3 is 12.4 Å². The Kier molecular flexibility index (Phi) is 6.88. The van der Waals surface area contributed by atoms with Gasteiger partial charge < -0.3 is 14.8 Å². The lowest BCUT2D eigenvalue weighted by atomic mass is 10.1. The van der Waals surface area contributed by atoms with Gasteiger partial charge in [-0.25, -0.2) is 0 Å². The molecule has 0 aromatic heterocycles. The van der Waals surface area contributed by atoms with Crippen molar-refractivity contribution < 1.29 is 40.6 Å². The van der Waals surface area contributed by atoms with Crippen molar-refractivity contribution in [2.75, 3.05) is 26.9 Å². The number of halogens is 6. The first-order valence-electron chi connectivity index (χ1n) is 6.72. The van der Waals surface area contributed by atoms with Crippen LogP contribution in [0, 0.1) is 0 Å². The first-order chi connectivity index (χ1) is 11.0. The Hall–Kier alpha value is -1.97. The molecule has 1 N–H and O–H groups in total. The monoisotopic (exact) mass is 359 g/mol. The number of ether oxygens (including phenoxy) is 2. The van der Waals surface area contributed by atoms with Crippen LogP contribution in [0.3, 0.4) is 0 Å². The largest absolute Gasteiger partial charge is 0.484 e. The maximum atomic E-state index is 12.7. The van der Waals surface area contributed by atoms with Crippen LogP contribution in [-0.4, -0.2) is 32.8 Å². The molecule has 1 aromatic rings. The fraction of sp³-hybridized carbons (Fsp3) is 0.500. The number of alkyl halides is 6. The lowest BCUT2D eigenvalue weighted by Crippen LogP contribution is -2.30. The highest BCUT2D eigenvalue weighted by Gasteiger charge is 2.37. The number of carbonyl (C=O) groups is 1. The van der Waals surface area contributed by atoms with Crippen molar-refractivity contribution in [2.45, 2.75) is 18.8 Å². The lowest BCUT2D eigenvalue weighted by molar-refractivity contribution is -0.143. The van der Waals surface area contributed by atoms with Crippen LogP contribution < -0.4 is 10.1 Å². The molecule has 0 saturated heterocycles. The maximum absolute atomic E-state index is 12.7. The Morgan fingerprint density at radius 2 is 1.58 bits per heavy atom. The van der Waals surface area contributed by atoms with Crippen LogP contribution in [0.1, 0.15) is 17.5 Å². The molecule has 0 atom stereocenters. The van der Waals surface area contributed by atoms with Gasteiger partial charge in [-0.1, -0.05) is 0 Å². The van der Waals surface area contributed by atoms with Gasteiger partial charge in [-0.05, 0) is 24.6 Å². The molecular weight excluding hydrogens is 344 g/mol. The first kappa shape index (κ1) is 20.1. The lowest BCUT2D eigenvalue weighted by Gasteiger charge is -2.14. The summed E-state index contributed by atoms with van der Waals surface area (Å²) in [6.07, 6.45) is -9.44. The highest BCUT2D eigenvalue weighted by atomic mass is 19.4. The van der Waals surface area contributed by atoms with Crippen molar-refractivity contribution in [2.24, 2.45) is 0 Å². The molecule has 0 unspecified atom stereocenters. The Bertz CT molecular complexity index is 524. The summed E-state index contributed by atoms with van der Waals surface area (Å²) in [6.45, 7) is -0.0677. The summed E-state index contributed by atoms with van der Waals surface area (Å²) in [6, 6.07) is 0.804. The minimum absolute atomic E-state index is 0.0162. The zero-order valence-electron chi connectivity index (χ0n) is 12.6. The number of nitrogens with one attached hydrogen (secondary N) is 1. The van der Waals surface area contributed by atoms with E-state index >= 15 is 0 Å². The summed E-state index contributed by atoms with van der Waals surface area (Å²) in [7, 11) is 1.47. The van der Waals surface area contributed by atoms with Gasteiger partial charge in [-0.2, -0.15) is 26.3 Å². The molecule has 0 aliphatic carbocycles. The zero-order chi connectivity index (χ0) is 18.4. The molecule has 0 aliphatic rings. The number of benzene rings is 1. The molecular formula is C14H15F6NO3. The van der Waals surface area contributed by atoms with E-state index in [1.54, 1.807) is 0 Å². The number of amides is 1. The second-order valence-electron chi connectivity index (χ2n) is 4.73. The van der Waals surface area contributed by atoms with Crippen molar-refractivity contribution in [1.82, 2.24) is 5.32 Å². The predicted molar refractivity (Wildman–Crippen MR) is 71.4 cm³/mol. The van der Waals surface area contributed by atoms with Crippen LogP contribution in [0.4, 0.5) is 26.3 Å². The van der Waals surface area contributed by atoms with Gasteiger partial charge in [-0.15, -0.1) is 0 Å². The summed E-state index contributed by atoms with van der Waals surface area (Å²) >= 11 is 0. The molecule has 136 valence electrons. The Labute approximate surface area is 133 Å². The highest BCUT2D eigenvalue weighted by molar-refractivity contribution is 5.77. The Balaban J connectivity index is 2.78. The van der Waals surface area contributed by atoms with Gasteiger partial charge in [-0.3, -0.25) is 4.79 Å². The number of rotatable bonds is 7. The minimum Gasteiger partial charge on any atom is -0.484 e. The molecule has 0 bridgehead atoms. The van der Waals surface area contributed by atoms with Crippen molar-refractivity contribution in [3.63, 3.8) is 0 Å². The Morgan fingerprint density at radius 1 is 1.04 bits per heavy atom. The molecule has 1 aromatic carbocycles. The smallest absolute Gasteiger partial charge is 0.416 e. The summed E-state index contributed by atoms with van der Waals surface area (Å²) in [5.74, 6) is -1.36. The van der Waals surface area contributed by atoms with E-state index in [1.807, 2.05) is 0 Å². The normalized spacial score (nSPS) is 12.1. The van der Waals surface area contributed by atoms with Gasteiger partial charge in [0.1, 0.15) is 5.75 Å². The molecule has 1 rings (SSSR count). The second kappa shape index (κ2) is 8.22. The molecule has 0 spiro atoms. The third kappa shape index (κ3) is 6.65. The molecule has 0 aliphatic heterocycles. The van der Waals surface area contributed by atoms with E-state index in [1.165, 1.54) is 7.11 Å². The van der Waals surface area contributed by atoms with Gasteiger partial charge in [0.05, 0.1) is 11.1 Å². The van der Waals surface area contributed by atoms with E-state index in [4.69, 9.17) is 9.47 Å². The van der Waals surface area contributed by atoms with Gasteiger partial charge in [0.2, 0.25) is 0 Å². The molecule has 1 amide bonds. The average Bonchev–Trinajstić information content (AvgIpc) is 2.47. The quantitative estimate of drug-likeness (QED) is 0.601. The molecule has 24 heavy (non-hydrogen) atoms. The minimum atomic E-state index is -4.97. The maximum Gasteiger partial charge on any atom is 0.416 e. The van der Waals surface area contributed by atoms with Crippen LogP contribution in [0.15, 0.2) is 18.2 Å². The van der Waals surface area contributed by atoms with Gasteiger partial charge in [0.15, 0.2) is 6.61 Å². The first-order valence-corrected chi connectivity index (χ1v) is 6.72. The molecule has 0 saturated carbocycles. The van der Waals surface area contributed by atoms with Gasteiger partial charge in [0.25, 0.3) is 5.91 Å². The molecule has 0 fully saturated rings. The fourth-order valence-corrected chi connectivity index (χ4v) is 1.65. The van der Waals surface area contributed by atoms with Crippen LogP contribution >= 0.6 is 0 Å².